The van der Waals surface area contributed by atoms with E-state index in [9.17, 15) is 13.2 Å². The number of thiophene rings is 1. The minimum Gasteiger partial charge on any atom is -0.379 e. The van der Waals surface area contributed by atoms with E-state index in [1.54, 1.807) is 11.3 Å². The number of hydrogen-bond donors (Lipinski definition) is 1. The van der Waals surface area contributed by atoms with Gasteiger partial charge in [0.15, 0.2) is 0 Å². The molecule has 1 nitrogen and oxygen atoms in total. The van der Waals surface area contributed by atoms with E-state index in [4.69, 9.17) is 0 Å². The van der Waals surface area contributed by atoms with Crippen LogP contribution < -0.4 is 5.32 Å². The first kappa shape index (κ1) is 13.4. The fraction of sp³-hybridized carbons (Fsp3) is 0.167. The first-order chi connectivity index (χ1) is 8.47. The fourth-order valence-corrected chi connectivity index (χ4v) is 2.59. The Morgan fingerprint density at radius 1 is 1.22 bits per heavy atom. The first-order valence-corrected chi connectivity index (χ1v) is 6.77. The number of alkyl halides is 3. The summed E-state index contributed by atoms with van der Waals surface area (Å²) in [5.74, 6) is 0. The van der Waals surface area contributed by atoms with Crippen LogP contribution in [0.15, 0.2) is 40.2 Å². The quantitative estimate of drug-likeness (QED) is 0.818. The Labute approximate surface area is 115 Å². The van der Waals surface area contributed by atoms with Gasteiger partial charge in [0.05, 0.1) is 5.56 Å². The second kappa shape index (κ2) is 5.32. The lowest BCUT2D eigenvalue weighted by molar-refractivity contribution is -0.137. The summed E-state index contributed by atoms with van der Waals surface area (Å²) in [6.07, 6.45) is -4.31. The summed E-state index contributed by atoms with van der Waals surface area (Å²) < 4.78 is 37.8. The van der Waals surface area contributed by atoms with Crippen LogP contribution in [0.5, 0.6) is 0 Å². The SMILES string of the molecule is FC(F)(F)c1ccc(NCc2cccs2)c(Br)c1. The van der Waals surface area contributed by atoms with Gasteiger partial charge in [-0.1, -0.05) is 6.07 Å². The van der Waals surface area contributed by atoms with Gasteiger partial charge in [0.1, 0.15) is 0 Å². The largest absolute Gasteiger partial charge is 0.416 e. The predicted molar refractivity (Wildman–Crippen MR) is 70.8 cm³/mol. The lowest BCUT2D eigenvalue weighted by atomic mass is 10.2. The van der Waals surface area contributed by atoms with E-state index < -0.39 is 11.7 Å². The van der Waals surface area contributed by atoms with E-state index in [-0.39, 0.29) is 0 Å². The maximum Gasteiger partial charge on any atom is 0.416 e. The maximum absolute atomic E-state index is 12.5. The Morgan fingerprint density at radius 2 is 2.00 bits per heavy atom. The lowest BCUT2D eigenvalue weighted by Gasteiger charge is -2.11. The number of benzene rings is 1. The molecule has 0 fully saturated rings. The Balaban J connectivity index is 2.10. The van der Waals surface area contributed by atoms with Crippen molar-refractivity contribution in [1.29, 1.82) is 0 Å². The minimum atomic E-state index is -4.31. The number of nitrogens with one attached hydrogen (secondary N) is 1. The molecular weight excluding hydrogens is 327 g/mol. The van der Waals surface area contributed by atoms with Gasteiger partial charge in [0.2, 0.25) is 0 Å². The highest BCUT2D eigenvalue weighted by atomic mass is 79.9. The fourth-order valence-electron chi connectivity index (χ4n) is 1.43. The van der Waals surface area contributed by atoms with Crippen LogP contribution in [0.1, 0.15) is 10.4 Å². The molecule has 96 valence electrons. The molecule has 1 aromatic carbocycles. The molecule has 0 aliphatic heterocycles. The van der Waals surface area contributed by atoms with Crippen LogP contribution in [0.25, 0.3) is 0 Å². The molecule has 18 heavy (non-hydrogen) atoms. The van der Waals surface area contributed by atoms with Crippen molar-refractivity contribution in [2.75, 3.05) is 5.32 Å². The standard InChI is InChI=1S/C12H9BrF3NS/c13-10-6-8(12(14,15)16)3-4-11(10)17-7-9-2-1-5-18-9/h1-6,17H,7H2. The summed E-state index contributed by atoms with van der Waals surface area (Å²) in [6, 6.07) is 7.48. The average Bonchev–Trinajstić information content (AvgIpc) is 2.79. The van der Waals surface area contributed by atoms with Crippen LogP contribution >= 0.6 is 27.3 Å². The third-order valence-electron chi connectivity index (χ3n) is 2.33. The zero-order valence-electron chi connectivity index (χ0n) is 9.09. The Kier molecular flexibility index (Phi) is 3.97. The van der Waals surface area contributed by atoms with Gasteiger partial charge < -0.3 is 5.32 Å². The predicted octanol–water partition coefficient (Wildman–Crippen LogP) is 5.14. The van der Waals surface area contributed by atoms with Gasteiger partial charge in [-0.2, -0.15) is 13.2 Å². The van der Waals surface area contributed by atoms with E-state index in [1.807, 2.05) is 17.5 Å². The molecule has 0 saturated heterocycles. The highest BCUT2D eigenvalue weighted by Crippen LogP contribution is 2.34. The average molecular weight is 336 g/mol. The van der Waals surface area contributed by atoms with Gasteiger partial charge in [0.25, 0.3) is 0 Å². The Morgan fingerprint density at radius 3 is 2.56 bits per heavy atom. The van der Waals surface area contributed by atoms with Crippen molar-refractivity contribution in [1.82, 2.24) is 0 Å². The normalized spacial score (nSPS) is 11.6. The van der Waals surface area contributed by atoms with Gasteiger partial charge >= 0.3 is 6.18 Å². The summed E-state index contributed by atoms with van der Waals surface area (Å²) in [5, 5.41) is 5.05. The van der Waals surface area contributed by atoms with Crippen LogP contribution in [-0.4, -0.2) is 0 Å². The Bertz CT molecular complexity index is 523. The molecular formula is C12H9BrF3NS. The maximum atomic E-state index is 12.5. The molecule has 0 radical (unpaired) electrons. The van der Waals surface area contributed by atoms with Gasteiger partial charge in [-0.15, -0.1) is 11.3 Å². The zero-order valence-corrected chi connectivity index (χ0v) is 11.5. The molecule has 0 saturated carbocycles. The van der Waals surface area contributed by atoms with Crippen LogP contribution in [0.2, 0.25) is 0 Å². The highest BCUT2D eigenvalue weighted by Gasteiger charge is 2.30. The van der Waals surface area contributed by atoms with Crippen LogP contribution in [0, 0.1) is 0 Å². The van der Waals surface area contributed by atoms with E-state index in [2.05, 4.69) is 21.2 Å². The molecule has 0 unspecified atom stereocenters. The number of halogens is 4. The van der Waals surface area contributed by atoms with Crippen molar-refractivity contribution in [2.24, 2.45) is 0 Å². The summed E-state index contributed by atoms with van der Waals surface area (Å²) in [6.45, 7) is 0.599. The molecule has 6 heteroatoms. The summed E-state index contributed by atoms with van der Waals surface area (Å²) in [5.41, 5.74) is -0.00699. The molecule has 2 aromatic rings. The van der Waals surface area contributed by atoms with Gasteiger partial charge in [-0.3, -0.25) is 0 Å². The van der Waals surface area contributed by atoms with Gasteiger partial charge in [-0.05, 0) is 45.6 Å². The van der Waals surface area contributed by atoms with Crippen molar-refractivity contribution in [2.45, 2.75) is 12.7 Å². The molecule has 1 heterocycles. The minimum absolute atomic E-state index is 0.411. The molecule has 0 spiro atoms. The highest BCUT2D eigenvalue weighted by molar-refractivity contribution is 9.10. The van der Waals surface area contributed by atoms with Crippen molar-refractivity contribution in [3.8, 4) is 0 Å². The second-order valence-corrected chi connectivity index (χ2v) is 5.51. The third kappa shape index (κ3) is 3.26. The van der Waals surface area contributed by atoms with Gasteiger partial charge in [-0.25, -0.2) is 0 Å². The number of rotatable bonds is 3. The van der Waals surface area contributed by atoms with Crippen molar-refractivity contribution in [3.63, 3.8) is 0 Å². The first-order valence-electron chi connectivity index (χ1n) is 5.10. The molecule has 0 aliphatic rings. The van der Waals surface area contributed by atoms with Gasteiger partial charge in [0, 0.05) is 21.6 Å². The monoisotopic (exact) mass is 335 g/mol. The smallest absolute Gasteiger partial charge is 0.379 e. The zero-order chi connectivity index (χ0) is 13.2. The van der Waals surface area contributed by atoms with Crippen molar-refractivity contribution >= 4 is 33.0 Å². The summed E-state index contributed by atoms with van der Waals surface area (Å²) in [4.78, 5) is 1.13. The molecule has 0 atom stereocenters. The molecule has 2 rings (SSSR count). The summed E-state index contributed by atoms with van der Waals surface area (Å²) in [7, 11) is 0. The van der Waals surface area contributed by atoms with Crippen molar-refractivity contribution < 1.29 is 13.2 Å². The van der Waals surface area contributed by atoms with E-state index in [0.29, 0.717) is 16.7 Å². The molecule has 0 amide bonds. The lowest BCUT2D eigenvalue weighted by Crippen LogP contribution is -2.06. The van der Waals surface area contributed by atoms with E-state index >= 15 is 0 Å². The van der Waals surface area contributed by atoms with E-state index in [0.717, 1.165) is 17.0 Å². The number of anilines is 1. The molecule has 0 bridgehead atoms. The Hall–Kier alpha value is -1.01. The number of hydrogen-bond acceptors (Lipinski definition) is 2. The second-order valence-electron chi connectivity index (χ2n) is 3.63. The third-order valence-corrected chi connectivity index (χ3v) is 3.86. The molecule has 0 aliphatic carbocycles. The van der Waals surface area contributed by atoms with E-state index in [1.165, 1.54) is 6.07 Å². The molecule has 1 N–H and O–H groups in total. The topological polar surface area (TPSA) is 12.0 Å². The molecule has 1 aromatic heterocycles. The van der Waals surface area contributed by atoms with Crippen LogP contribution in [0.4, 0.5) is 18.9 Å². The van der Waals surface area contributed by atoms with Crippen LogP contribution in [0.3, 0.4) is 0 Å². The summed E-state index contributed by atoms with van der Waals surface area (Å²) >= 11 is 4.74. The van der Waals surface area contributed by atoms with Crippen molar-refractivity contribution in [3.05, 3.63) is 50.6 Å². The van der Waals surface area contributed by atoms with Crippen LogP contribution in [-0.2, 0) is 12.7 Å².